The van der Waals surface area contributed by atoms with Crippen molar-refractivity contribution in [2.24, 2.45) is 17.8 Å². The van der Waals surface area contributed by atoms with Crippen molar-refractivity contribution < 1.29 is 10.2 Å². The van der Waals surface area contributed by atoms with Crippen LogP contribution in [-0.4, -0.2) is 16.5 Å². The van der Waals surface area contributed by atoms with E-state index in [9.17, 15) is 0 Å². The van der Waals surface area contributed by atoms with Crippen LogP contribution in [0.5, 0.6) is 0 Å². The Morgan fingerprint density at radius 3 is 2.19 bits per heavy atom. The SMILES string of the molecule is CCCCC[C@H]1CC[C@H](C(C)C(O)O)CC1. The van der Waals surface area contributed by atoms with E-state index in [-0.39, 0.29) is 5.92 Å². The van der Waals surface area contributed by atoms with Crippen LogP contribution in [0, 0.1) is 17.8 Å². The topological polar surface area (TPSA) is 40.5 Å². The van der Waals surface area contributed by atoms with Crippen LogP contribution in [-0.2, 0) is 0 Å². The number of rotatable bonds is 6. The van der Waals surface area contributed by atoms with Gasteiger partial charge in [0.1, 0.15) is 0 Å². The first-order chi connectivity index (χ1) is 7.65. The molecule has 0 aliphatic heterocycles. The van der Waals surface area contributed by atoms with Crippen molar-refractivity contribution in [3.63, 3.8) is 0 Å². The second-order valence-corrected chi connectivity index (χ2v) is 5.55. The van der Waals surface area contributed by atoms with E-state index < -0.39 is 6.29 Å². The third kappa shape index (κ3) is 4.42. The fourth-order valence-electron chi connectivity index (χ4n) is 2.93. The van der Waals surface area contributed by atoms with Crippen molar-refractivity contribution in [1.82, 2.24) is 0 Å². The van der Waals surface area contributed by atoms with Gasteiger partial charge in [0.2, 0.25) is 0 Å². The average molecular weight is 228 g/mol. The minimum atomic E-state index is -1.12. The summed E-state index contributed by atoms with van der Waals surface area (Å²) in [6.07, 6.45) is 9.29. The zero-order valence-electron chi connectivity index (χ0n) is 10.9. The van der Waals surface area contributed by atoms with Gasteiger partial charge in [0.15, 0.2) is 6.29 Å². The Labute approximate surface area is 100 Å². The van der Waals surface area contributed by atoms with Gasteiger partial charge < -0.3 is 10.2 Å². The van der Waals surface area contributed by atoms with E-state index in [2.05, 4.69) is 6.92 Å². The first-order valence-electron chi connectivity index (χ1n) is 7.01. The summed E-state index contributed by atoms with van der Waals surface area (Å²) in [7, 11) is 0. The highest BCUT2D eigenvalue weighted by molar-refractivity contribution is 4.76. The Morgan fingerprint density at radius 2 is 1.69 bits per heavy atom. The van der Waals surface area contributed by atoms with Gasteiger partial charge in [0.05, 0.1) is 0 Å². The average Bonchev–Trinajstić information content (AvgIpc) is 2.29. The molecule has 2 heteroatoms. The zero-order valence-corrected chi connectivity index (χ0v) is 10.9. The summed E-state index contributed by atoms with van der Waals surface area (Å²) in [4.78, 5) is 0. The molecular weight excluding hydrogens is 200 g/mol. The van der Waals surface area contributed by atoms with Gasteiger partial charge in [-0.05, 0) is 24.7 Å². The van der Waals surface area contributed by atoms with Crippen LogP contribution in [0.15, 0.2) is 0 Å². The summed E-state index contributed by atoms with van der Waals surface area (Å²) in [6, 6.07) is 0. The van der Waals surface area contributed by atoms with Crippen LogP contribution in [0.4, 0.5) is 0 Å². The van der Waals surface area contributed by atoms with Crippen molar-refractivity contribution in [1.29, 1.82) is 0 Å². The standard InChI is InChI=1S/C14H28O2/c1-3-4-5-6-12-7-9-13(10-8-12)11(2)14(15)16/h11-16H,3-10H2,1-2H3/t11?,12-,13-. The summed E-state index contributed by atoms with van der Waals surface area (Å²) in [6.45, 7) is 4.22. The minimum absolute atomic E-state index is 0.0524. The maximum absolute atomic E-state index is 9.17. The maximum Gasteiger partial charge on any atom is 0.154 e. The fraction of sp³-hybridized carbons (Fsp3) is 1.00. The number of hydrogen-bond donors (Lipinski definition) is 2. The summed E-state index contributed by atoms with van der Waals surface area (Å²) in [5.74, 6) is 1.49. The highest BCUT2D eigenvalue weighted by Crippen LogP contribution is 2.36. The molecular formula is C14H28O2. The summed E-state index contributed by atoms with van der Waals surface area (Å²) < 4.78 is 0. The molecule has 1 aliphatic rings. The van der Waals surface area contributed by atoms with E-state index >= 15 is 0 Å². The van der Waals surface area contributed by atoms with Gasteiger partial charge in [-0.15, -0.1) is 0 Å². The van der Waals surface area contributed by atoms with Gasteiger partial charge in [-0.25, -0.2) is 0 Å². The predicted octanol–water partition coefficient (Wildman–Crippen LogP) is 3.32. The largest absolute Gasteiger partial charge is 0.368 e. The van der Waals surface area contributed by atoms with Gasteiger partial charge in [0.25, 0.3) is 0 Å². The summed E-state index contributed by atoms with van der Waals surface area (Å²) in [5, 5.41) is 18.3. The summed E-state index contributed by atoms with van der Waals surface area (Å²) >= 11 is 0. The molecule has 0 radical (unpaired) electrons. The number of aliphatic hydroxyl groups excluding tert-OH is 1. The third-order valence-corrected chi connectivity index (χ3v) is 4.32. The Bertz CT molecular complexity index is 172. The molecule has 96 valence electrons. The van der Waals surface area contributed by atoms with Gasteiger partial charge in [-0.2, -0.15) is 0 Å². The lowest BCUT2D eigenvalue weighted by Gasteiger charge is -2.33. The van der Waals surface area contributed by atoms with Crippen LogP contribution in [0.1, 0.15) is 65.2 Å². The van der Waals surface area contributed by atoms with Crippen molar-refractivity contribution >= 4 is 0 Å². The van der Waals surface area contributed by atoms with Crippen LogP contribution in [0.2, 0.25) is 0 Å². The molecule has 0 aromatic rings. The van der Waals surface area contributed by atoms with Crippen molar-refractivity contribution in [3.8, 4) is 0 Å². The minimum Gasteiger partial charge on any atom is -0.368 e. The van der Waals surface area contributed by atoms with E-state index in [1.807, 2.05) is 6.92 Å². The van der Waals surface area contributed by atoms with Gasteiger partial charge >= 0.3 is 0 Å². The maximum atomic E-state index is 9.17. The molecule has 0 saturated heterocycles. The molecule has 1 atom stereocenters. The van der Waals surface area contributed by atoms with Crippen LogP contribution < -0.4 is 0 Å². The third-order valence-electron chi connectivity index (χ3n) is 4.32. The van der Waals surface area contributed by atoms with Crippen molar-refractivity contribution in [3.05, 3.63) is 0 Å². The predicted molar refractivity (Wildman–Crippen MR) is 67.0 cm³/mol. The first kappa shape index (κ1) is 14.0. The Morgan fingerprint density at radius 1 is 1.06 bits per heavy atom. The molecule has 0 spiro atoms. The van der Waals surface area contributed by atoms with Crippen LogP contribution in [0.25, 0.3) is 0 Å². The number of aliphatic hydroxyl groups is 2. The Hall–Kier alpha value is -0.0800. The lowest BCUT2D eigenvalue weighted by molar-refractivity contribution is -0.0995. The normalized spacial score (nSPS) is 28.3. The highest BCUT2D eigenvalue weighted by Gasteiger charge is 2.27. The Kier molecular flexibility index (Phi) is 6.37. The van der Waals surface area contributed by atoms with E-state index in [4.69, 9.17) is 10.2 Å². The molecule has 0 aromatic carbocycles. The van der Waals surface area contributed by atoms with E-state index in [0.717, 1.165) is 5.92 Å². The molecule has 1 unspecified atom stereocenters. The van der Waals surface area contributed by atoms with Gasteiger partial charge in [-0.3, -0.25) is 0 Å². The van der Waals surface area contributed by atoms with Crippen LogP contribution >= 0.6 is 0 Å². The fourth-order valence-corrected chi connectivity index (χ4v) is 2.93. The lowest BCUT2D eigenvalue weighted by atomic mass is 9.75. The van der Waals surface area contributed by atoms with Crippen molar-refractivity contribution in [2.45, 2.75) is 71.5 Å². The van der Waals surface area contributed by atoms with Crippen LogP contribution in [0.3, 0.4) is 0 Å². The number of unbranched alkanes of at least 4 members (excludes halogenated alkanes) is 2. The first-order valence-corrected chi connectivity index (χ1v) is 7.01. The monoisotopic (exact) mass is 228 g/mol. The molecule has 1 rings (SSSR count). The van der Waals surface area contributed by atoms with Gasteiger partial charge in [0, 0.05) is 5.92 Å². The molecule has 0 amide bonds. The van der Waals surface area contributed by atoms with E-state index in [1.165, 1.54) is 51.4 Å². The highest BCUT2D eigenvalue weighted by atomic mass is 16.5. The molecule has 16 heavy (non-hydrogen) atoms. The zero-order chi connectivity index (χ0) is 12.0. The molecule has 2 nitrogen and oxygen atoms in total. The number of hydrogen-bond acceptors (Lipinski definition) is 2. The van der Waals surface area contributed by atoms with Gasteiger partial charge in [-0.1, -0.05) is 52.4 Å². The quantitative estimate of drug-likeness (QED) is 0.541. The summed E-state index contributed by atoms with van der Waals surface area (Å²) in [5.41, 5.74) is 0. The Balaban J connectivity index is 2.18. The molecule has 0 bridgehead atoms. The van der Waals surface area contributed by atoms with Crippen molar-refractivity contribution in [2.75, 3.05) is 0 Å². The molecule has 1 fully saturated rings. The molecule has 2 N–H and O–H groups in total. The smallest absolute Gasteiger partial charge is 0.154 e. The molecule has 0 aromatic heterocycles. The van der Waals surface area contributed by atoms with E-state index in [1.54, 1.807) is 0 Å². The molecule has 1 saturated carbocycles. The lowest BCUT2D eigenvalue weighted by Crippen LogP contribution is -2.28. The van der Waals surface area contributed by atoms with E-state index in [0.29, 0.717) is 5.92 Å². The molecule has 1 aliphatic carbocycles. The molecule has 0 heterocycles. The second-order valence-electron chi connectivity index (χ2n) is 5.55. The second kappa shape index (κ2) is 7.29.